The summed E-state index contributed by atoms with van der Waals surface area (Å²) in [4.78, 5) is 23.4. The van der Waals surface area contributed by atoms with Crippen molar-refractivity contribution in [1.29, 1.82) is 0 Å². The summed E-state index contributed by atoms with van der Waals surface area (Å²) in [5.41, 5.74) is 8.24. The van der Waals surface area contributed by atoms with Crippen molar-refractivity contribution in [2.24, 2.45) is 11.7 Å². The summed E-state index contributed by atoms with van der Waals surface area (Å²) < 4.78 is 21.1. The number of benzene rings is 1. The van der Waals surface area contributed by atoms with Gasteiger partial charge in [-0.1, -0.05) is 0 Å². The van der Waals surface area contributed by atoms with Gasteiger partial charge in [0.25, 0.3) is 0 Å². The van der Waals surface area contributed by atoms with Crippen molar-refractivity contribution in [3.8, 4) is 11.8 Å². The molecule has 3 aromatic heterocycles. The zero-order valence-electron chi connectivity index (χ0n) is 18.1. The Morgan fingerprint density at radius 1 is 1.24 bits per heavy atom. The number of hydrogen-bond donors (Lipinski definition) is 3. The minimum absolute atomic E-state index is 0.172. The van der Waals surface area contributed by atoms with Gasteiger partial charge in [0.1, 0.15) is 23.1 Å². The minimum Gasteiger partial charge on any atom is -0.421 e. The maximum Gasteiger partial charge on any atom is 0.326 e. The first-order chi connectivity index (χ1) is 15.9. The van der Waals surface area contributed by atoms with E-state index in [0.29, 0.717) is 44.5 Å². The number of nitrogens with zero attached hydrogens (tertiary/aromatic N) is 5. The fraction of sp³-hybridized carbons (Fsp3) is 0.364. The summed E-state index contributed by atoms with van der Waals surface area (Å²) in [7, 11) is 1.76. The fourth-order valence-electron chi connectivity index (χ4n) is 5.10. The molecule has 0 spiro atoms. The number of aryl methyl sites for hydroxylation is 1. The lowest BCUT2D eigenvalue weighted by Crippen LogP contribution is -2.41. The zero-order chi connectivity index (χ0) is 22.9. The Morgan fingerprint density at radius 3 is 2.70 bits per heavy atom. The van der Waals surface area contributed by atoms with E-state index in [1.54, 1.807) is 26.4 Å². The highest BCUT2D eigenvalue weighted by molar-refractivity contribution is 9.10. The van der Waals surface area contributed by atoms with E-state index in [-0.39, 0.29) is 23.9 Å². The molecule has 4 aromatic rings. The summed E-state index contributed by atoms with van der Waals surface area (Å²) in [6.07, 6.45) is 5.09. The molecule has 2 fully saturated rings. The lowest BCUT2D eigenvalue weighted by atomic mass is 10.0. The molecule has 1 aromatic carbocycles. The molecular weight excluding hydrogens is 491 g/mol. The van der Waals surface area contributed by atoms with Gasteiger partial charge < -0.3 is 25.7 Å². The highest BCUT2D eigenvalue weighted by Crippen LogP contribution is 2.46. The number of anilines is 2. The van der Waals surface area contributed by atoms with Crippen LogP contribution in [0.3, 0.4) is 0 Å². The Balaban J connectivity index is 1.58. The number of fused-ring (bicyclic) bond motifs is 5. The second-order valence-corrected chi connectivity index (χ2v) is 9.46. The van der Waals surface area contributed by atoms with Gasteiger partial charge in [0.15, 0.2) is 5.75 Å². The molecule has 0 amide bonds. The molecule has 9 nitrogen and oxygen atoms in total. The van der Waals surface area contributed by atoms with E-state index in [1.165, 1.54) is 6.07 Å². The van der Waals surface area contributed by atoms with Crippen LogP contribution >= 0.6 is 15.9 Å². The van der Waals surface area contributed by atoms with Gasteiger partial charge >= 0.3 is 6.01 Å². The summed E-state index contributed by atoms with van der Waals surface area (Å²) in [6.45, 7) is 2.60. The summed E-state index contributed by atoms with van der Waals surface area (Å²) >= 11 is 3.45. The highest BCUT2D eigenvalue weighted by atomic mass is 79.9. The molecule has 33 heavy (non-hydrogen) atoms. The van der Waals surface area contributed by atoms with Crippen molar-refractivity contribution in [1.82, 2.24) is 24.9 Å². The molecule has 2 bridgehead atoms. The van der Waals surface area contributed by atoms with E-state index < -0.39 is 0 Å². The number of nitrogens with two attached hydrogens (primary N) is 1. The van der Waals surface area contributed by atoms with Crippen LogP contribution in [0.2, 0.25) is 0 Å². The summed E-state index contributed by atoms with van der Waals surface area (Å²) in [5.74, 6) is 1.84. The lowest BCUT2D eigenvalue weighted by molar-refractivity contribution is 0.435. The molecule has 1 aliphatic heterocycles. The third kappa shape index (κ3) is 3.21. The number of nitrogens with one attached hydrogen (secondary N) is 2. The van der Waals surface area contributed by atoms with Crippen LogP contribution in [0, 0.1) is 18.7 Å². The smallest absolute Gasteiger partial charge is 0.326 e. The summed E-state index contributed by atoms with van der Waals surface area (Å²) in [6, 6.07) is 2.10. The molecule has 1 saturated carbocycles. The Hall–Kier alpha value is -3.05. The number of ether oxygens (including phenoxy) is 1. The van der Waals surface area contributed by atoms with Crippen LogP contribution in [0.4, 0.5) is 15.9 Å². The molecule has 4 heterocycles. The van der Waals surface area contributed by atoms with E-state index in [1.807, 2.05) is 0 Å². The first-order valence-corrected chi connectivity index (χ1v) is 11.6. The van der Waals surface area contributed by atoms with Crippen molar-refractivity contribution in [3.63, 3.8) is 0 Å². The predicted octanol–water partition coefficient (Wildman–Crippen LogP) is 3.87. The van der Waals surface area contributed by atoms with Gasteiger partial charge in [0, 0.05) is 37.1 Å². The third-order valence-electron chi connectivity index (χ3n) is 6.69. The van der Waals surface area contributed by atoms with E-state index in [0.717, 1.165) is 30.3 Å². The monoisotopic (exact) mass is 512 g/mol. The van der Waals surface area contributed by atoms with Gasteiger partial charge in [0.2, 0.25) is 0 Å². The quantitative estimate of drug-likeness (QED) is 0.377. The lowest BCUT2D eigenvalue weighted by Gasteiger charge is -2.31. The van der Waals surface area contributed by atoms with Gasteiger partial charge in [0.05, 0.1) is 33.5 Å². The topological polar surface area (TPSA) is 118 Å². The zero-order valence-corrected chi connectivity index (χ0v) is 19.6. The average Bonchev–Trinajstić information content (AvgIpc) is 3.49. The van der Waals surface area contributed by atoms with E-state index in [9.17, 15) is 4.39 Å². The minimum atomic E-state index is -0.360. The normalized spacial score (nSPS) is 22.0. The van der Waals surface area contributed by atoms with E-state index >= 15 is 0 Å². The molecular formula is C22H22BrFN8O. The number of halogens is 2. The molecule has 3 atom stereocenters. The Labute approximate surface area is 197 Å². The SMILES string of the molecule is CNc1cc(F)c(Br)c2c1[nH]c1nc(Oc3cnc(C)nc3)nc(N3C[C@H]4C[C@@H]3C[C@H]4N)c12. The van der Waals surface area contributed by atoms with Crippen molar-refractivity contribution in [2.45, 2.75) is 31.8 Å². The van der Waals surface area contributed by atoms with Crippen LogP contribution in [-0.2, 0) is 0 Å². The van der Waals surface area contributed by atoms with Crippen LogP contribution in [0.1, 0.15) is 18.7 Å². The van der Waals surface area contributed by atoms with Crippen molar-refractivity contribution < 1.29 is 9.13 Å². The van der Waals surface area contributed by atoms with Crippen LogP contribution in [-0.4, -0.2) is 50.6 Å². The molecule has 0 radical (unpaired) electrons. The Kier molecular flexibility index (Phi) is 4.66. The van der Waals surface area contributed by atoms with Crippen molar-refractivity contribution >= 4 is 49.4 Å². The largest absolute Gasteiger partial charge is 0.421 e. The standard InChI is InChI=1S/C22H22BrFN8O/c1-9-27-6-12(7-28-9)33-22-30-20-17(16-18(23)13(24)5-15(26-2)19(16)29-20)21(31-22)32-8-10-3-11(32)4-14(10)25/h5-7,10-11,14,26H,3-4,8,25H2,1-2H3,(H,29,30,31)/t10-,11-,14-/m1/s1. The molecule has 2 aliphatic rings. The second-order valence-electron chi connectivity index (χ2n) is 8.67. The Morgan fingerprint density at radius 2 is 2.03 bits per heavy atom. The summed E-state index contributed by atoms with van der Waals surface area (Å²) in [5, 5.41) is 4.51. The van der Waals surface area contributed by atoms with Gasteiger partial charge in [-0.05, 0) is 41.6 Å². The molecule has 6 rings (SSSR count). The Bertz CT molecular complexity index is 1390. The molecule has 11 heteroatoms. The van der Waals surface area contributed by atoms with Crippen LogP contribution in [0.15, 0.2) is 22.9 Å². The fourth-order valence-corrected chi connectivity index (χ4v) is 5.61. The van der Waals surface area contributed by atoms with Crippen LogP contribution < -0.4 is 20.7 Å². The second kappa shape index (κ2) is 7.49. The van der Waals surface area contributed by atoms with Gasteiger partial charge in [-0.3, -0.25) is 0 Å². The number of hydrogen-bond acceptors (Lipinski definition) is 8. The van der Waals surface area contributed by atoms with Crippen LogP contribution in [0.5, 0.6) is 11.8 Å². The van der Waals surface area contributed by atoms with Crippen molar-refractivity contribution in [3.05, 3.63) is 34.6 Å². The van der Waals surface area contributed by atoms with Crippen molar-refractivity contribution in [2.75, 3.05) is 23.8 Å². The first kappa shape index (κ1) is 20.5. The molecule has 1 aliphatic carbocycles. The first-order valence-electron chi connectivity index (χ1n) is 10.8. The third-order valence-corrected chi connectivity index (χ3v) is 7.46. The highest BCUT2D eigenvalue weighted by Gasteiger charge is 2.44. The van der Waals surface area contributed by atoms with E-state index in [4.69, 9.17) is 15.5 Å². The van der Waals surface area contributed by atoms with Gasteiger partial charge in [-0.15, -0.1) is 0 Å². The van der Waals surface area contributed by atoms with E-state index in [2.05, 4.69) is 46.1 Å². The van der Waals surface area contributed by atoms with Crippen LogP contribution in [0.25, 0.3) is 21.9 Å². The molecule has 0 unspecified atom stereocenters. The number of H-pyrrole nitrogens is 1. The predicted molar refractivity (Wildman–Crippen MR) is 127 cm³/mol. The maximum absolute atomic E-state index is 14.8. The number of aromatic nitrogens is 5. The number of piperidine rings is 1. The number of aromatic amines is 1. The average molecular weight is 513 g/mol. The number of rotatable bonds is 4. The molecule has 170 valence electrons. The van der Waals surface area contributed by atoms with Gasteiger partial charge in [-0.2, -0.15) is 9.97 Å². The molecule has 4 N–H and O–H groups in total. The maximum atomic E-state index is 14.8. The van der Waals surface area contributed by atoms with Gasteiger partial charge in [-0.25, -0.2) is 14.4 Å². The molecule has 1 saturated heterocycles.